The molecule has 2 aromatic rings. The summed E-state index contributed by atoms with van der Waals surface area (Å²) in [7, 11) is 0. The maximum Gasteiger partial charge on any atom is 0.226 e. The molecule has 0 bridgehead atoms. The number of aromatic nitrogens is 1. The Bertz CT molecular complexity index is 623. The van der Waals surface area contributed by atoms with Gasteiger partial charge in [-0.3, -0.25) is 4.79 Å². The molecule has 1 fully saturated rings. The van der Waals surface area contributed by atoms with E-state index < -0.39 is 0 Å². The van der Waals surface area contributed by atoms with Crippen LogP contribution in [0.15, 0.2) is 41.3 Å². The summed E-state index contributed by atoms with van der Waals surface area (Å²) in [5.74, 6) is 0.548. The monoisotopic (exact) mass is 284 g/mol. The summed E-state index contributed by atoms with van der Waals surface area (Å²) < 4.78 is 7.51. The van der Waals surface area contributed by atoms with Gasteiger partial charge in [0.25, 0.3) is 0 Å². The zero-order chi connectivity index (χ0) is 14.2. The summed E-state index contributed by atoms with van der Waals surface area (Å²) in [6.45, 7) is 1.67. The molecule has 0 unspecified atom stereocenters. The zero-order valence-corrected chi connectivity index (χ0v) is 12.1. The first kappa shape index (κ1) is 12.7. The number of carbonyl (C=O) groups excluding carboxylic acids is 1. The number of furan rings is 1. The van der Waals surface area contributed by atoms with Crippen LogP contribution in [0.3, 0.4) is 0 Å². The number of rotatable bonds is 2. The Morgan fingerprint density at radius 3 is 2.81 bits per heavy atom. The Morgan fingerprint density at radius 2 is 2.05 bits per heavy atom. The lowest BCUT2D eigenvalue weighted by Gasteiger charge is -2.38. The molecule has 1 atom stereocenters. The summed E-state index contributed by atoms with van der Waals surface area (Å²) >= 11 is 0. The normalized spacial score (nSPS) is 22.5. The molecule has 110 valence electrons. The Hall–Kier alpha value is -1.97. The molecule has 0 radical (unpaired) electrons. The van der Waals surface area contributed by atoms with E-state index in [1.807, 2.05) is 6.07 Å². The first-order valence-corrected chi connectivity index (χ1v) is 7.82. The summed E-state index contributed by atoms with van der Waals surface area (Å²) in [6.07, 6.45) is 10.0. The maximum atomic E-state index is 12.9. The average molecular weight is 284 g/mol. The van der Waals surface area contributed by atoms with Crippen molar-refractivity contribution in [3.63, 3.8) is 0 Å². The van der Waals surface area contributed by atoms with Gasteiger partial charge in [0.2, 0.25) is 5.91 Å². The number of hydrogen-bond donors (Lipinski definition) is 0. The van der Waals surface area contributed by atoms with Crippen LogP contribution in [-0.2, 0) is 11.3 Å². The fraction of sp³-hybridized carbons (Fsp3) is 0.471. The van der Waals surface area contributed by atoms with E-state index in [0.29, 0.717) is 5.91 Å². The summed E-state index contributed by atoms with van der Waals surface area (Å²) in [6, 6.07) is 6.15. The van der Waals surface area contributed by atoms with E-state index in [0.717, 1.165) is 31.5 Å². The largest absolute Gasteiger partial charge is 0.472 e. The molecular formula is C17H20N2O2. The molecule has 4 heteroatoms. The van der Waals surface area contributed by atoms with Crippen molar-refractivity contribution in [3.05, 3.63) is 48.2 Å². The standard InChI is InChI=1S/C17H20N2O2/c20-17(13-4-1-2-5-13)19-10-9-18-8-3-6-15(18)16(19)14-7-11-21-12-14/h3,6-8,11-13,16H,1-2,4-5,9-10H2/t16-/m0/s1. The molecular weight excluding hydrogens is 264 g/mol. The smallest absolute Gasteiger partial charge is 0.226 e. The minimum Gasteiger partial charge on any atom is -0.472 e. The number of hydrogen-bond acceptors (Lipinski definition) is 2. The Balaban J connectivity index is 1.71. The van der Waals surface area contributed by atoms with E-state index >= 15 is 0 Å². The molecule has 0 aromatic carbocycles. The van der Waals surface area contributed by atoms with Gasteiger partial charge in [-0.15, -0.1) is 0 Å². The van der Waals surface area contributed by atoms with Crippen molar-refractivity contribution >= 4 is 5.91 Å². The molecule has 1 amide bonds. The number of amides is 1. The highest BCUT2D eigenvalue weighted by Crippen LogP contribution is 2.36. The molecule has 4 nitrogen and oxygen atoms in total. The molecule has 3 heterocycles. The van der Waals surface area contributed by atoms with Gasteiger partial charge in [-0.1, -0.05) is 12.8 Å². The molecule has 0 spiro atoms. The minimum atomic E-state index is 0.000556. The van der Waals surface area contributed by atoms with Crippen molar-refractivity contribution in [2.45, 2.75) is 38.3 Å². The maximum absolute atomic E-state index is 12.9. The van der Waals surface area contributed by atoms with Crippen LogP contribution >= 0.6 is 0 Å². The Labute approximate surface area is 124 Å². The van der Waals surface area contributed by atoms with Gasteiger partial charge in [0.05, 0.1) is 12.5 Å². The second-order valence-corrected chi connectivity index (χ2v) is 6.10. The highest BCUT2D eigenvalue weighted by atomic mass is 16.3. The third kappa shape index (κ3) is 2.09. The van der Waals surface area contributed by atoms with Crippen molar-refractivity contribution in [1.29, 1.82) is 0 Å². The Kier molecular flexibility index (Phi) is 3.09. The van der Waals surface area contributed by atoms with Gasteiger partial charge in [-0.2, -0.15) is 0 Å². The molecule has 4 rings (SSSR count). The van der Waals surface area contributed by atoms with Gasteiger partial charge in [-0.05, 0) is 31.0 Å². The van der Waals surface area contributed by atoms with Crippen molar-refractivity contribution in [2.24, 2.45) is 5.92 Å². The van der Waals surface area contributed by atoms with Crippen LogP contribution in [0.4, 0.5) is 0 Å². The van der Waals surface area contributed by atoms with Crippen molar-refractivity contribution in [2.75, 3.05) is 6.54 Å². The summed E-state index contributed by atoms with van der Waals surface area (Å²) in [5.41, 5.74) is 2.26. The van der Waals surface area contributed by atoms with Crippen molar-refractivity contribution in [1.82, 2.24) is 9.47 Å². The van der Waals surface area contributed by atoms with Crippen molar-refractivity contribution in [3.8, 4) is 0 Å². The summed E-state index contributed by atoms with van der Waals surface area (Å²) in [5, 5.41) is 0. The van der Waals surface area contributed by atoms with Gasteiger partial charge in [-0.25, -0.2) is 0 Å². The van der Waals surface area contributed by atoms with E-state index in [1.165, 1.54) is 18.5 Å². The van der Waals surface area contributed by atoms with E-state index in [-0.39, 0.29) is 12.0 Å². The van der Waals surface area contributed by atoms with Crippen molar-refractivity contribution < 1.29 is 9.21 Å². The van der Waals surface area contributed by atoms with Gasteiger partial charge >= 0.3 is 0 Å². The molecule has 1 aliphatic carbocycles. The predicted molar refractivity (Wildman–Crippen MR) is 78.7 cm³/mol. The molecule has 21 heavy (non-hydrogen) atoms. The fourth-order valence-electron chi connectivity index (χ4n) is 3.81. The lowest BCUT2D eigenvalue weighted by Crippen LogP contribution is -2.44. The van der Waals surface area contributed by atoms with Crippen LogP contribution in [0.2, 0.25) is 0 Å². The van der Waals surface area contributed by atoms with E-state index in [2.05, 4.69) is 27.8 Å². The van der Waals surface area contributed by atoms with Gasteiger partial charge in [0.15, 0.2) is 0 Å². The lowest BCUT2D eigenvalue weighted by atomic mass is 9.99. The predicted octanol–water partition coefficient (Wildman–Crippen LogP) is 3.20. The van der Waals surface area contributed by atoms with Crippen LogP contribution in [0, 0.1) is 5.92 Å². The molecule has 0 saturated heterocycles. The zero-order valence-electron chi connectivity index (χ0n) is 12.1. The molecule has 0 N–H and O–H groups in total. The van der Waals surface area contributed by atoms with Gasteiger partial charge < -0.3 is 13.9 Å². The topological polar surface area (TPSA) is 38.4 Å². The lowest BCUT2D eigenvalue weighted by molar-refractivity contribution is -0.138. The van der Waals surface area contributed by atoms with Gasteiger partial charge in [0.1, 0.15) is 6.04 Å². The summed E-state index contributed by atoms with van der Waals surface area (Å²) in [4.78, 5) is 15.0. The molecule has 1 aliphatic heterocycles. The minimum absolute atomic E-state index is 0.000556. The van der Waals surface area contributed by atoms with Crippen LogP contribution in [0.1, 0.15) is 43.0 Å². The molecule has 2 aliphatic rings. The first-order valence-electron chi connectivity index (χ1n) is 7.82. The number of nitrogens with zero attached hydrogens (tertiary/aromatic N) is 2. The van der Waals surface area contributed by atoms with Crippen LogP contribution in [0.5, 0.6) is 0 Å². The third-order valence-corrected chi connectivity index (χ3v) is 4.88. The highest BCUT2D eigenvalue weighted by Gasteiger charge is 2.36. The first-order chi connectivity index (χ1) is 10.3. The average Bonchev–Trinajstić information content (AvgIpc) is 3.25. The van der Waals surface area contributed by atoms with E-state index in [9.17, 15) is 4.79 Å². The van der Waals surface area contributed by atoms with E-state index in [4.69, 9.17) is 4.42 Å². The van der Waals surface area contributed by atoms with Gasteiger partial charge in [0, 0.05) is 36.5 Å². The van der Waals surface area contributed by atoms with E-state index in [1.54, 1.807) is 12.5 Å². The highest BCUT2D eigenvalue weighted by molar-refractivity contribution is 5.80. The van der Waals surface area contributed by atoms with Crippen LogP contribution < -0.4 is 0 Å². The molecule has 1 saturated carbocycles. The van der Waals surface area contributed by atoms with Crippen LogP contribution in [0.25, 0.3) is 0 Å². The second kappa shape index (κ2) is 5.10. The quantitative estimate of drug-likeness (QED) is 0.849. The number of fused-ring (bicyclic) bond motifs is 1. The number of carbonyl (C=O) groups is 1. The second-order valence-electron chi connectivity index (χ2n) is 6.10. The van der Waals surface area contributed by atoms with Crippen LogP contribution in [-0.4, -0.2) is 21.9 Å². The SMILES string of the molecule is O=C(C1CCCC1)N1CCn2cccc2[C@@H]1c1ccoc1. The third-order valence-electron chi connectivity index (χ3n) is 4.88. The molecule has 2 aromatic heterocycles. The Morgan fingerprint density at radius 1 is 1.19 bits per heavy atom. The fourth-order valence-corrected chi connectivity index (χ4v) is 3.81.